The molecule has 29 heavy (non-hydrogen) atoms. The van der Waals surface area contributed by atoms with Gasteiger partial charge in [-0.15, -0.1) is 0 Å². The van der Waals surface area contributed by atoms with E-state index in [1.165, 1.54) is 4.90 Å². The van der Waals surface area contributed by atoms with Gasteiger partial charge in [-0.3, -0.25) is 9.59 Å². The molecule has 1 amide bonds. The normalized spacial score (nSPS) is 18.2. The number of aromatic nitrogens is 1. The van der Waals surface area contributed by atoms with Crippen molar-refractivity contribution >= 4 is 17.4 Å². The zero-order valence-corrected chi connectivity index (χ0v) is 16.0. The Morgan fingerprint density at radius 2 is 1.72 bits per heavy atom. The van der Waals surface area contributed by atoms with Crippen LogP contribution in [-0.2, 0) is 16.1 Å². The van der Waals surface area contributed by atoms with Crippen molar-refractivity contribution < 1.29 is 19.7 Å². The molecular weight excluding hydrogens is 364 g/mol. The Morgan fingerprint density at radius 1 is 1.00 bits per heavy atom. The number of rotatable bonds is 4. The third-order valence-electron chi connectivity index (χ3n) is 5.08. The molecular formula is C24H20N2O3. The van der Waals surface area contributed by atoms with Crippen molar-refractivity contribution in [1.29, 1.82) is 0 Å². The number of likely N-dealkylation sites (tertiary alicyclic amines) is 1. The molecule has 5 nitrogen and oxygen atoms in total. The number of ketones is 1. The van der Waals surface area contributed by atoms with Crippen LogP contribution < -0.4 is 10.1 Å². The van der Waals surface area contributed by atoms with Crippen LogP contribution in [0.5, 0.6) is 0 Å². The minimum absolute atomic E-state index is 0.00460. The fourth-order valence-corrected chi connectivity index (χ4v) is 3.60. The molecule has 0 aliphatic carbocycles. The van der Waals surface area contributed by atoms with Gasteiger partial charge in [0.25, 0.3) is 5.91 Å². The number of H-pyrrole nitrogens is 1. The molecule has 1 unspecified atom stereocenters. The highest BCUT2D eigenvalue weighted by molar-refractivity contribution is 6.46. The second-order valence-electron chi connectivity index (χ2n) is 7.10. The summed E-state index contributed by atoms with van der Waals surface area (Å²) in [6, 6.07) is 19.2. The third kappa shape index (κ3) is 3.55. The van der Waals surface area contributed by atoms with Gasteiger partial charge < -0.3 is 10.0 Å². The van der Waals surface area contributed by atoms with E-state index in [9.17, 15) is 14.7 Å². The zero-order chi connectivity index (χ0) is 20.4. The summed E-state index contributed by atoms with van der Waals surface area (Å²) in [7, 11) is 0. The van der Waals surface area contributed by atoms with Crippen molar-refractivity contribution in [3.63, 3.8) is 0 Å². The molecule has 3 aromatic rings. The van der Waals surface area contributed by atoms with Crippen LogP contribution >= 0.6 is 0 Å². The first-order valence-electron chi connectivity index (χ1n) is 9.39. The number of nitrogens with one attached hydrogen (secondary N) is 1. The van der Waals surface area contributed by atoms with E-state index in [0.717, 1.165) is 16.7 Å². The number of aromatic amines is 1. The van der Waals surface area contributed by atoms with Gasteiger partial charge in [-0.05, 0) is 24.1 Å². The van der Waals surface area contributed by atoms with Crippen molar-refractivity contribution in [3.05, 3.63) is 107 Å². The Labute approximate surface area is 169 Å². The standard InChI is InChI=1S/C24H20N2O3/c1-16-9-11-19(12-10-16)22(27)20-21(18-7-3-2-4-8-18)26(24(29)23(20)28)15-17-6-5-13-25-14-17/h2-14,21,27H,15H2,1H3/b22-20+. The summed E-state index contributed by atoms with van der Waals surface area (Å²) in [4.78, 5) is 30.3. The van der Waals surface area contributed by atoms with Crippen molar-refractivity contribution in [2.24, 2.45) is 0 Å². The zero-order valence-electron chi connectivity index (χ0n) is 16.0. The number of aryl methyl sites for hydroxylation is 1. The van der Waals surface area contributed by atoms with E-state index < -0.39 is 23.5 Å². The fraction of sp³-hybridized carbons (Fsp3) is 0.125. The summed E-state index contributed by atoms with van der Waals surface area (Å²) in [6.45, 7) is 2.16. The highest BCUT2D eigenvalue weighted by Crippen LogP contribution is 2.39. The topological polar surface area (TPSA) is 74.6 Å². The van der Waals surface area contributed by atoms with E-state index in [2.05, 4.69) is 4.98 Å². The summed E-state index contributed by atoms with van der Waals surface area (Å²) >= 11 is 0. The predicted molar refractivity (Wildman–Crippen MR) is 106 cm³/mol. The molecule has 0 radical (unpaired) electrons. The first-order valence-corrected chi connectivity index (χ1v) is 9.39. The summed E-state index contributed by atoms with van der Waals surface area (Å²) in [5.74, 6) is -1.79. The molecule has 0 spiro atoms. The van der Waals surface area contributed by atoms with Gasteiger partial charge >= 0.3 is 0 Å². The van der Waals surface area contributed by atoms with Crippen LogP contribution in [0, 0.1) is 6.92 Å². The SMILES string of the molecule is Cc1ccc(/C([O-])=C2\C(=O)C(=O)N(Cc3ccc[nH+]c3)C2c2ccccc2)cc1. The first kappa shape index (κ1) is 18.6. The smallest absolute Gasteiger partial charge is 0.295 e. The molecule has 1 aliphatic rings. The number of hydrogen-bond donors (Lipinski definition) is 0. The van der Waals surface area contributed by atoms with Gasteiger partial charge in [-0.25, -0.2) is 4.98 Å². The number of benzene rings is 2. The molecule has 2 aromatic carbocycles. The number of nitrogens with zero attached hydrogens (tertiary/aromatic N) is 1. The number of pyridine rings is 1. The maximum absolute atomic E-state index is 13.3. The largest absolute Gasteiger partial charge is 0.872 e. The quantitative estimate of drug-likeness (QED) is 0.393. The van der Waals surface area contributed by atoms with Gasteiger partial charge in [-0.1, -0.05) is 65.9 Å². The second kappa shape index (κ2) is 7.72. The summed E-state index contributed by atoms with van der Waals surface area (Å²) in [6.07, 6.45) is 3.55. The molecule has 0 bridgehead atoms. The number of hydrogen-bond acceptors (Lipinski definition) is 3. The van der Waals surface area contributed by atoms with Gasteiger partial charge in [0.15, 0.2) is 12.4 Å². The second-order valence-corrected chi connectivity index (χ2v) is 7.10. The Balaban J connectivity index is 1.85. The summed E-state index contributed by atoms with van der Waals surface area (Å²) in [5, 5.41) is 13.3. The maximum atomic E-state index is 13.3. The van der Waals surface area contributed by atoms with Crippen molar-refractivity contribution in [1.82, 2.24) is 4.90 Å². The molecule has 0 saturated carbocycles. The van der Waals surface area contributed by atoms with Crippen LogP contribution in [0.2, 0.25) is 0 Å². The predicted octanol–water partition coefficient (Wildman–Crippen LogP) is 2.23. The average Bonchev–Trinajstić information content (AvgIpc) is 3.00. The highest BCUT2D eigenvalue weighted by Gasteiger charge is 2.44. The molecule has 1 aliphatic heterocycles. The van der Waals surface area contributed by atoms with E-state index >= 15 is 0 Å². The lowest BCUT2D eigenvalue weighted by molar-refractivity contribution is -0.378. The summed E-state index contributed by atoms with van der Waals surface area (Å²) < 4.78 is 0. The molecule has 1 atom stereocenters. The van der Waals surface area contributed by atoms with Gasteiger partial charge in [-0.2, -0.15) is 0 Å². The number of carbonyl (C=O) groups excluding carboxylic acids is 2. The molecule has 1 aromatic heterocycles. The Hall–Kier alpha value is -3.73. The van der Waals surface area contributed by atoms with Crippen molar-refractivity contribution in [2.75, 3.05) is 0 Å². The van der Waals surface area contributed by atoms with Crippen molar-refractivity contribution in [2.45, 2.75) is 19.5 Å². The molecule has 4 rings (SSSR count). The van der Waals surface area contributed by atoms with Gasteiger partial charge in [0.1, 0.15) is 0 Å². The van der Waals surface area contributed by atoms with E-state index in [1.807, 2.05) is 61.5 Å². The van der Waals surface area contributed by atoms with Crippen LogP contribution in [-0.4, -0.2) is 16.6 Å². The van der Waals surface area contributed by atoms with Gasteiger partial charge in [0.05, 0.1) is 12.6 Å². The lowest BCUT2D eigenvalue weighted by Gasteiger charge is -2.27. The molecule has 5 heteroatoms. The Bertz CT molecular complexity index is 1070. The van der Waals surface area contributed by atoms with Crippen LogP contribution in [0.1, 0.15) is 28.3 Å². The molecule has 1 saturated heterocycles. The van der Waals surface area contributed by atoms with Crippen molar-refractivity contribution in [3.8, 4) is 0 Å². The third-order valence-corrected chi connectivity index (χ3v) is 5.08. The van der Waals surface area contributed by atoms with Crippen LogP contribution in [0.4, 0.5) is 0 Å². The number of Topliss-reactive ketones (excluding diaryl/α,β-unsaturated/α-hetero) is 1. The Kier molecular flexibility index (Phi) is 4.96. The molecule has 2 heterocycles. The van der Waals surface area contributed by atoms with Crippen LogP contribution in [0.15, 0.2) is 84.7 Å². The molecule has 144 valence electrons. The monoisotopic (exact) mass is 384 g/mol. The average molecular weight is 384 g/mol. The van der Waals surface area contributed by atoms with Gasteiger partial charge in [0.2, 0.25) is 5.78 Å². The lowest BCUT2D eigenvalue weighted by atomic mass is 9.95. The van der Waals surface area contributed by atoms with E-state index in [4.69, 9.17) is 0 Å². The van der Waals surface area contributed by atoms with Crippen LogP contribution in [0.25, 0.3) is 5.76 Å². The minimum atomic E-state index is -0.732. The van der Waals surface area contributed by atoms with E-state index in [-0.39, 0.29) is 12.1 Å². The molecule has 1 N–H and O–H groups in total. The summed E-state index contributed by atoms with van der Waals surface area (Å²) in [5.41, 5.74) is 3.01. The lowest BCUT2D eigenvalue weighted by Crippen LogP contribution is -2.29. The fourth-order valence-electron chi connectivity index (χ4n) is 3.60. The minimum Gasteiger partial charge on any atom is -0.872 e. The highest BCUT2D eigenvalue weighted by atomic mass is 16.3. The van der Waals surface area contributed by atoms with E-state index in [0.29, 0.717) is 5.56 Å². The van der Waals surface area contributed by atoms with Gasteiger partial charge in [0, 0.05) is 17.2 Å². The van der Waals surface area contributed by atoms with E-state index in [1.54, 1.807) is 24.5 Å². The first-order chi connectivity index (χ1) is 14.1. The Morgan fingerprint density at radius 3 is 2.38 bits per heavy atom. The van der Waals surface area contributed by atoms with Crippen LogP contribution in [0.3, 0.4) is 0 Å². The maximum Gasteiger partial charge on any atom is 0.295 e. The number of carbonyl (C=O) groups is 2. The molecule has 1 fully saturated rings. The number of amides is 1.